The summed E-state index contributed by atoms with van der Waals surface area (Å²) >= 11 is 0. The molecule has 0 bridgehead atoms. The average Bonchev–Trinajstić information content (AvgIpc) is 2.51. The lowest BCUT2D eigenvalue weighted by Crippen LogP contribution is -2.22. The molecule has 1 heterocycles. The van der Waals surface area contributed by atoms with Crippen LogP contribution in [0.25, 0.3) is 22.0 Å². The Hall–Kier alpha value is -2.86. The molecular weight excluding hydrogens is 284 g/mol. The second-order valence-corrected chi connectivity index (χ2v) is 5.99. The minimum Gasteiger partial charge on any atom is -0.294 e. The summed E-state index contributed by atoms with van der Waals surface area (Å²) in [5.41, 5.74) is 5.58. The van der Waals surface area contributed by atoms with Crippen LogP contribution in [0, 0.1) is 32.1 Å². The fraction of sp³-hybridized carbons (Fsp3) is 0.200. The van der Waals surface area contributed by atoms with Crippen LogP contribution in [0.5, 0.6) is 0 Å². The third-order valence-corrected chi connectivity index (χ3v) is 4.16. The second kappa shape index (κ2) is 5.73. The van der Waals surface area contributed by atoms with E-state index in [9.17, 15) is 4.79 Å². The monoisotopic (exact) mass is 302 g/mol. The predicted octanol–water partition coefficient (Wildman–Crippen LogP) is 4.12. The van der Waals surface area contributed by atoms with Gasteiger partial charge in [-0.1, -0.05) is 35.9 Å². The van der Waals surface area contributed by atoms with Gasteiger partial charge in [-0.25, -0.2) is 0 Å². The van der Waals surface area contributed by atoms with Crippen molar-refractivity contribution < 1.29 is 0 Å². The molecule has 0 aliphatic carbocycles. The van der Waals surface area contributed by atoms with Crippen LogP contribution in [0.15, 0.2) is 47.3 Å². The lowest BCUT2D eigenvalue weighted by molar-refractivity contribution is 0.828. The Bertz CT molecular complexity index is 989. The molecule has 0 aliphatic rings. The highest BCUT2D eigenvalue weighted by atomic mass is 16.1. The first-order chi connectivity index (χ1) is 11.0. The van der Waals surface area contributed by atoms with Crippen LogP contribution in [0.2, 0.25) is 0 Å². The Kier molecular flexibility index (Phi) is 3.75. The van der Waals surface area contributed by atoms with Gasteiger partial charge in [0.05, 0.1) is 11.6 Å². The van der Waals surface area contributed by atoms with Crippen LogP contribution in [0.1, 0.15) is 16.7 Å². The van der Waals surface area contributed by atoms with Crippen LogP contribution in [-0.4, -0.2) is 4.57 Å². The SMILES string of the molecule is Cc1ccc(-c2cc3c(C)cc(C)cc3n(CC#N)c2=O)cc1. The van der Waals surface area contributed by atoms with Crippen LogP contribution >= 0.6 is 0 Å². The highest BCUT2D eigenvalue weighted by Gasteiger charge is 2.12. The lowest BCUT2D eigenvalue weighted by Gasteiger charge is -2.13. The normalized spacial score (nSPS) is 10.7. The second-order valence-electron chi connectivity index (χ2n) is 5.99. The van der Waals surface area contributed by atoms with E-state index in [1.54, 1.807) is 4.57 Å². The standard InChI is InChI=1S/C20H18N2O/c1-13-4-6-16(7-5-13)18-12-17-15(3)10-14(2)11-19(17)22(9-8-21)20(18)23/h4-7,10-12H,9H2,1-3H3. The predicted molar refractivity (Wildman–Crippen MR) is 93.5 cm³/mol. The molecule has 3 heteroatoms. The largest absolute Gasteiger partial charge is 0.294 e. The van der Waals surface area contributed by atoms with E-state index in [1.807, 2.05) is 57.2 Å². The molecule has 2 aromatic carbocycles. The van der Waals surface area contributed by atoms with E-state index in [0.29, 0.717) is 5.56 Å². The van der Waals surface area contributed by atoms with Crippen molar-refractivity contribution in [2.24, 2.45) is 0 Å². The van der Waals surface area contributed by atoms with Crippen LogP contribution < -0.4 is 5.56 Å². The number of hydrogen-bond acceptors (Lipinski definition) is 2. The number of pyridine rings is 1. The molecule has 0 atom stereocenters. The van der Waals surface area contributed by atoms with E-state index in [4.69, 9.17) is 5.26 Å². The zero-order chi connectivity index (χ0) is 16.6. The Morgan fingerprint density at radius 2 is 1.70 bits per heavy atom. The number of nitriles is 1. The highest BCUT2D eigenvalue weighted by molar-refractivity contribution is 5.87. The number of aromatic nitrogens is 1. The summed E-state index contributed by atoms with van der Waals surface area (Å²) < 4.78 is 1.57. The van der Waals surface area contributed by atoms with Gasteiger partial charge < -0.3 is 0 Å². The zero-order valence-electron chi connectivity index (χ0n) is 13.6. The van der Waals surface area contributed by atoms with Gasteiger partial charge in [0, 0.05) is 10.9 Å². The Morgan fingerprint density at radius 1 is 1.00 bits per heavy atom. The topological polar surface area (TPSA) is 45.8 Å². The molecule has 0 spiro atoms. The molecule has 0 amide bonds. The number of fused-ring (bicyclic) bond motifs is 1. The number of nitrogens with zero attached hydrogens (tertiary/aromatic N) is 2. The van der Waals surface area contributed by atoms with Crippen molar-refractivity contribution in [3.63, 3.8) is 0 Å². The van der Waals surface area contributed by atoms with Crippen LogP contribution in [0.3, 0.4) is 0 Å². The van der Waals surface area contributed by atoms with Gasteiger partial charge in [0.2, 0.25) is 0 Å². The first-order valence-corrected chi connectivity index (χ1v) is 7.60. The van der Waals surface area contributed by atoms with Crippen molar-refractivity contribution in [2.45, 2.75) is 27.3 Å². The molecule has 0 saturated carbocycles. The Morgan fingerprint density at radius 3 is 2.35 bits per heavy atom. The minimum absolute atomic E-state index is 0.0535. The Labute approximate surface area is 135 Å². The molecule has 0 N–H and O–H groups in total. The van der Waals surface area contributed by atoms with Crippen LogP contribution in [0.4, 0.5) is 0 Å². The fourth-order valence-electron chi connectivity index (χ4n) is 3.00. The van der Waals surface area contributed by atoms with Crippen molar-refractivity contribution in [2.75, 3.05) is 0 Å². The molecule has 0 unspecified atom stereocenters. The van der Waals surface area contributed by atoms with Crippen molar-refractivity contribution >= 4 is 10.9 Å². The number of rotatable bonds is 2. The molecule has 114 valence electrons. The summed E-state index contributed by atoms with van der Waals surface area (Å²) in [6.45, 7) is 6.11. The van der Waals surface area contributed by atoms with Crippen molar-refractivity contribution in [1.29, 1.82) is 5.26 Å². The molecule has 3 nitrogen and oxygen atoms in total. The molecule has 0 radical (unpaired) electrons. The first-order valence-electron chi connectivity index (χ1n) is 7.60. The fourth-order valence-corrected chi connectivity index (χ4v) is 3.00. The van der Waals surface area contributed by atoms with Gasteiger partial charge in [-0.05, 0) is 49.6 Å². The third-order valence-electron chi connectivity index (χ3n) is 4.16. The molecule has 0 fully saturated rings. The minimum atomic E-state index is -0.118. The zero-order valence-corrected chi connectivity index (χ0v) is 13.6. The maximum Gasteiger partial charge on any atom is 0.259 e. The molecule has 3 rings (SSSR count). The third kappa shape index (κ3) is 2.64. The molecule has 1 aromatic heterocycles. The van der Waals surface area contributed by atoms with E-state index in [2.05, 4.69) is 12.1 Å². The maximum absolute atomic E-state index is 12.9. The van der Waals surface area contributed by atoms with Gasteiger partial charge in [-0.15, -0.1) is 0 Å². The van der Waals surface area contributed by atoms with Gasteiger partial charge in [-0.3, -0.25) is 9.36 Å². The number of benzene rings is 2. The van der Waals surface area contributed by atoms with Gasteiger partial charge in [-0.2, -0.15) is 5.26 Å². The molecule has 0 aliphatic heterocycles. The van der Waals surface area contributed by atoms with E-state index in [-0.39, 0.29) is 12.1 Å². The quantitative estimate of drug-likeness (QED) is 0.715. The van der Waals surface area contributed by atoms with Crippen LogP contribution in [-0.2, 0) is 6.54 Å². The van der Waals surface area contributed by atoms with E-state index >= 15 is 0 Å². The first kappa shape index (κ1) is 15.1. The van der Waals surface area contributed by atoms with E-state index in [0.717, 1.165) is 33.2 Å². The van der Waals surface area contributed by atoms with Gasteiger partial charge in [0.25, 0.3) is 5.56 Å². The average molecular weight is 302 g/mol. The molecule has 3 aromatic rings. The van der Waals surface area contributed by atoms with Gasteiger partial charge in [0.1, 0.15) is 6.54 Å². The molecule has 23 heavy (non-hydrogen) atoms. The van der Waals surface area contributed by atoms with Gasteiger partial charge >= 0.3 is 0 Å². The maximum atomic E-state index is 12.9. The summed E-state index contributed by atoms with van der Waals surface area (Å²) in [6, 6.07) is 16.0. The lowest BCUT2D eigenvalue weighted by atomic mass is 10.00. The van der Waals surface area contributed by atoms with Crippen molar-refractivity contribution in [3.8, 4) is 17.2 Å². The van der Waals surface area contributed by atoms with E-state index in [1.165, 1.54) is 0 Å². The highest BCUT2D eigenvalue weighted by Crippen LogP contribution is 2.25. The summed E-state index contributed by atoms with van der Waals surface area (Å²) in [5, 5.41) is 10.1. The van der Waals surface area contributed by atoms with Crippen molar-refractivity contribution in [3.05, 3.63) is 69.5 Å². The number of aryl methyl sites for hydroxylation is 3. The summed E-state index contributed by atoms with van der Waals surface area (Å²) in [5.74, 6) is 0. The molecular formula is C20H18N2O. The summed E-state index contributed by atoms with van der Waals surface area (Å²) in [6.07, 6.45) is 0. The van der Waals surface area contributed by atoms with Gasteiger partial charge in [0.15, 0.2) is 0 Å². The smallest absolute Gasteiger partial charge is 0.259 e. The summed E-state index contributed by atoms with van der Waals surface area (Å²) in [7, 11) is 0. The number of hydrogen-bond donors (Lipinski definition) is 0. The molecule has 0 saturated heterocycles. The Balaban J connectivity index is 2.40. The summed E-state index contributed by atoms with van der Waals surface area (Å²) in [4.78, 5) is 12.9. The van der Waals surface area contributed by atoms with Crippen molar-refractivity contribution in [1.82, 2.24) is 4.57 Å². The van der Waals surface area contributed by atoms with E-state index < -0.39 is 0 Å².